The first-order valence-electron chi connectivity index (χ1n) is 5.90. The highest BCUT2D eigenvalue weighted by atomic mass is 32.2. The lowest BCUT2D eigenvalue weighted by Gasteiger charge is -2.04. The molecule has 0 atom stereocenters. The second-order valence-electron chi connectivity index (χ2n) is 3.95. The SMILES string of the molecule is CSCCNC(=O)c1ccn(-c2ccccc2N)n1. The maximum atomic E-state index is 11.8. The molecule has 0 saturated heterocycles. The van der Waals surface area contributed by atoms with Crippen molar-refractivity contribution in [2.24, 2.45) is 0 Å². The number of aromatic nitrogens is 2. The third-order valence-electron chi connectivity index (χ3n) is 2.60. The molecule has 2 aromatic rings. The van der Waals surface area contributed by atoms with E-state index in [-0.39, 0.29) is 5.91 Å². The third-order valence-corrected chi connectivity index (χ3v) is 3.21. The summed E-state index contributed by atoms with van der Waals surface area (Å²) in [5.41, 5.74) is 7.66. The van der Waals surface area contributed by atoms with Crippen LogP contribution in [0.2, 0.25) is 0 Å². The average Bonchev–Trinajstić information content (AvgIpc) is 2.89. The number of benzene rings is 1. The molecular formula is C13H16N4OS. The number of hydrogen-bond donors (Lipinski definition) is 2. The van der Waals surface area contributed by atoms with Gasteiger partial charge in [0.15, 0.2) is 5.69 Å². The van der Waals surface area contributed by atoms with Crippen LogP contribution in [-0.2, 0) is 0 Å². The van der Waals surface area contributed by atoms with Gasteiger partial charge in [-0.1, -0.05) is 12.1 Å². The van der Waals surface area contributed by atoms with Crippen molar-refractivity contribution in [2.75, 3.05) is 24.3 Å². The van der Waals surface area contributed by atoms with Crippen molar-refractivity contribution in [2.45, 2.75) is 0 Å². The second-order valence-corrected chi connectivity index (χ2v) is 4.94. The van der Waals surface area contributed by atoms with E-state index < -0.39 is 0 Å². The highest BCUT2D eigenvalue weighted by molar-refractivity contribution is 7.98. The number of anilines is 1. The van der Waals surface area contributed by atoms with Gasteiger partial charge in [-0.3, -0.25) is 4.79 Å². The van der Waals surface area contributed by atoms with E-state index in [1.54, 1.807) is 34.8 Å². The minimum atomic E-state index is -0.165. The fraction of sp³-hybridized carbons (Fsp3) is 0.231. The minimum Gasteiger partial charge on any atom is -0.397 e. The van der Waals surface area contributed by atoms with Crippen LogP contribution in [0.5, 0.6) is 0 Å². The highest BCUT2D eigenvalue weighted by Crippen LogP contribution is 2.15. The van der Waals surface area contributed by atoms with Gasteiger partial charge in [-0.15, -0.1) is 0 Å². The number of carbonyl (C=O) groups is 1. The molecular weight excluding hydrogens is 260 g/mol. The number of nitrogens with zero attached hydrogens (tertiary/aromatic N) is 2. The Kier molecular flexibility index (Phi) is 4.46. The molecule has 1 aromatic carbocycles. The number of thioether (sulfide) groups is 1. The van der Waals surface area contributed by atoms with Gasteiger partial charge in [-0.05, 0) is 24.5 Å². The predicted molar refractivity (Wildman–Crippen MR) is 78.7 cm³/mol. The summed E-state index contributed by atoms with van der Waals surface area (Å²) in [5, 5.41) is 7.05. The Morgan fingerprint density at radius 2 is 2.21 bits per heavy atom. The van der Waals surface area contributed by atoms with Crippen molar-refractivity contribution in [1.82, 2.24) is 15.1 Å². The molecule has 1 heterocycles. The summed E-state index contributed by atoms with van der Waals surface area (Å²) in [7, 11) is 0. The zero-order valence-electron chi connectivity index (χ0n) is 10.7. The fourth-order valence-electron chi connectivity index (χ4n) is 1.63. The van der Waals surface area contributed by atoms with Crippen LogP contribution in [0.25, 0.3) is 5.69 Å². The number of rotatable bonds is 5. The van der Waals surface area contributed by atoms with Crippen molar-refractivity contribution in [1.29, 1.82) is 0 Å². The molecule has 1 aromatic heterocycles. The second kappa shape index (κ2) is 6.29. The summed E-state index contributed by atoms with van der Waals surface area (Å²) >= 11 is 1.69. The molecule has 0 fully saturated rings. The van der Waals surface area contributed by atoms with Crippen LogP contribution in [0, 0.1) is 0 Å². The minimum absolute atomic E-state index is 0.165. The van der Waals surface area contributed by atoms with E-state index in [1.807, 2.05) is 24.5 Å². The van der Waals surface area contributed by atoms with Crippen LogP contribution < -0.4 is 11.1 Å². The van der Waals surface area contributed by atoms with E-state index in [4.69, 9.17) is 5.73 Å². The summed E-state index contributed by atoms with van der Waals surface area (Å²) in [6, 6.07) is 9.08. The van der Waals surface area contributed by atoms with E-state index in [0.29, 0.717) is 17.9 Å². The maximum Gasteiger partial charge on any atom is 0.271 e. The maximum absolute atomic E-state index is 11.8. The van der Waals surface area contributed by atoms with Crippen LogP contribution in [-0.4, -0.2) is 34.2 Å². The lowest BCUT2D eigenvalue weighted by molar-refractivity contribution is 0.0951. The molecule has 1 amide bonds. The number of carbonyl (C=O) groups excluding carboxylic acids is 1. The quantitative estimate of drug-likeness (QED) is 0.642. The molecule has 2 rings (SSSR count). The molecule has 0 saturated carbocycles. The normalized spacial score (nSPS) is 10.4. The number of nitrogens with two attached hydrogens (primary N) is 1. The van der Waals surface area contributed by atoms with Gasteiger partial charge in [0.2, 0.25) is 0 Å². The van der Waals surface area contributed by atoms with Gasteiger partial charge in [-0.2, -0.15) is 16.9 Å². The third kappa shape index (κ3) is 3.29. The fourth-order valence-corrected chi connectivity index (χ4v) is 1.94. The molecule has 0 aliphatic carbocycles. The molecule has 0 spiro atoms. The molecule has 0 radical (unpaired) electrons. The average molecular weight is 276 g/mol. The van der Waals surface area contributed by atoms with Crippen LogP contribution in [0.4, 0.5) is 5.69 Å². The number of amides is 1. The van der Waals surface area contributed by atoms with Gasteiger partial charge < -0.3 is 11.1 Å². The monoisotopic (exact) mass is 276 g/mol. The number of para-hydroxylation sites is 2. The standard InChI is InChI=1S/C13H16N4OS/c1-19-9-7-15-13(18)11-6-8-17(16-11)12-5-3-2-4-10(12)14/h2-6,8H,7,9,14H2,1H3,(H,15,18). The smallest absolute Gasteiger partial charge is 0.271 e. The first kappa shape index (κ1) is 13.5. The largest absolute Gasteiger partial charge is 0.397 e. The van der Waals surface area contributed by atoms with Gasteiger partial charge >= 0.3 is 0 Å². The molecule has 100 valence electrons. The Morgan fingerprint density at radius 1 is 1.42 bits per heavy atom. The number of nitrogens with one attached hydrogen (secondary N) is 1. The van der Waals surface area contributed by atoms with E-state index in [0.717, 1.165) is 11.4 Å². The van der Waals surface area contributed by atoms with Gasteiger partial charge in [0.25, 0.3) is 5.91 Å². The summed E-state index contributed by atoms with van der Waals surface area (Å²) in [4.78, 5) is 11.8. The van der Waals surface area contributed by atoms with E-state index >= 15 is 0 Å². The van der Waals surface area contributed by atoms with Gasteiger partial charge in [0, 0.05) is 18.5 Å². The van der Waals surface area contributed by atoms with E-state index in [9.17, 15) is 4.79 Å². The first-order chi connectivity index (χ1) is 9.22. The molecule has 0 bridgehead atoms. The van der Waals surface area contributed by atoms with Crippen LogP contribution in [0.15, 0.2) is 36.5 Å². The molecule has 6 heteroatoms. The van der Waals surface area contributed by atoms with Crippen molar-refractivity contribution in [3.05, 3.63) is 42.2 Å². The molecule has 3 N–H and O–H groups in total. The Balaban J connectivity index is 2.11. The van der Waals surface area contributed by atoms with Crippen molar-refractivity contribution < 1.29 is 4.79 Å². The summed E-state index contributed by atoms with van der Waals surface area (Å²) < 4.78 is 1.61. The Morgan fingerprint density at radius 3 is 2.95 bits per heavy atom. The summed E-state index contributed by atoms with van der Waals surface area (Å²) in [6.07, 6.45) is 3.73. The van der Waals surface area contributed by atoms with E-state index in [1.165, 1.54) is 0 Å². The summed E-state index contributed by atoms with van der Waals surface area (Å²) in [6.45, 7) is 0.639. The van der Waals surface area contributed by atoms with Crippen molar-refractivity contribution in [3.8, 4) is 5.69 Å². The Hall–Kier alpha value is -1.95. The molecule has 0 aliphatic rings. The van der Waals surface area contributed by atoms with Gasteiger partial charge in [0.05, 0.1) is 11.4 Å². The number of hydrogen-bond acceptors (Lipinski definition) is 4. The van der Waals surface area contributed by atoms with Crippen molar-refractivity contribution >= 4 is 23.4 Å². The zero-order valence-corrected chi connectivity index (χ0v) is 11.5. The van der Waals surface area contributed by atoms with Gasteiger partial charge in [0.1, 0.15) is 0 Å². The predicted octanol–water partition coefficient (Wildman–Crippen LogP) is 1.55. The first-order valence-corrected chi connectivity index (χ1v) is 7.29. The van der Waals surface area contributed by atoms with Crippen LogP contribution in [0.1, 0.15) is 10.5 Å². The number of nitrogen functional groups attached to an aromatic ring is 1. The lowest BCUT2D eigenvalue weighted by atomic mass is 10.3. The lowest BCUT2D eigenvalue weighted by Crippen LogP contribution is -2.26. The topological polar surface area (TPSA) is 72.9 Å². The zero-order chi connectivity index (χ0) is 13.7. The van der Waals surface area contributed by atoms with Gasteiger partial charge in [-0.25, -0.2) is 4.68 Å². The van der Waals surface area contributed by atoms with Crippen LogP contribution >= 0.6 is 11.8 Å². The molecule has 0 unspecified atom stereocenters. The molecule has 19 heavy (non-hydrogen) atoms. The molecule has 5 nitrogen and oxygen atoms in total. The molecule has 0 aliphatic heterocycles. The van der Waals surface area contributed by atoms with Crippen molar-refractivity contribution in [3.63, 3.8) is 0 Å². The highest BCUT2D eigenvalue weighted by Gasteiger charge is 2.10. The Labute approximate surface area is 116 Å². The van der Waals surface area contributed by atoms with E-state index in [2.05, 4.69) is 10.4 Å². The Bertz CT molecular complexity index is 567. The van der Waals surface area contributed by atoms with Crippen LogP contribution in [0.3, 0.4) is 0 Å². The summed E-state index contributed by atoms with van der Waals surface area (Å²) in [5.74, 6) is 0.722.